The predicted molar refractivity (Wildman–Crippen MR) is 83.2 cm³/mol. The number of carbonyl (C=O) groups excluding carboxylic acids is 1. The predicted octanol–water partition coefficient (Wildman–Crippen LogP) is 2.68. The number of benzene rings is 1. The Labute approximate surface area is 125 Å². The molecule has 1 rings (SSSR count). The van der Waals surface area contributed by atoms with Crippen molar-refractivity contribution in [2.24, 2.45) is 0 Å². The number of nitrogens with zero attached hydrogens (tertiary/aromatic N) is 1. The number of anilines is 1. The highest BCUT2D eigenvalue weighted by atomic mass is 35.5. The first-order chi connectivity index (χ1) is 9.21. The molecule has 1 amide bonds. The van der Waals surface area contributed by atoms with Crippen LogP contribution in [0, 0.1) is 6.92 Å². The van der Waals surface area contributed by atoms with Crippen LogP contribution >= 0.6 is 11.6 Å². The molecular weight excluding hydrogens is 276 g/mol. The monoisotopic (exact) mass is 298 g/mol. The molecule has 0 fully saturated rings. The number of amides is 1. The van der Waals surface area contributed by atoms with Crippen molar-refractivity contribution >= 4 is 23.2 Å². The van der Waals surface area contributed by atoms with E-state index in [1.807, 2.05) is 24.8 Å². The molecule has 2 N–H and O–H groups in total. The SMILES string of the molecule is CCN(CC(=O)Nc1ccc(Cl)cc1C)CC(C)(C)O. The van der Waals surface area contributed by atoms with Crippen LogP contribution in [0.4, 0.5) is 5.69 Å². The largest absolute Gasteiger partial charge is 0.389 e. The summed E-state index contributed by atoms with van der Waals surface area (Å²) in [5.74, 6) is -0.0958. The number of halogens is 1. The molecule has 5 heteroatoms. The Hall–Kier alpha value is -1.10. The second-order valence-corrected chi connectivity index (χ2v) is 6.06. The molecule has 4 nitrogen and oxygen atoms in total. The summed E-state index contributed by atoms with van der Waals surface area (Å²) in [6.45, 7) is 8.74. The molecule has 0 aromatic heterocycles. The fourth-order valence-electron chi connectivity index (χ4n) is 1.99. The molecule has 0 aliphatic carbocycles. The highest BCUT2D eigenvalue weighted by Crippen LogP contribution is 2.19. The average molecular weight is 299 g/mol. The van der Waals surface area contributed by atoms with E-state index in [0.717, 1.165) is 11.3 Å². The van der Waals surface area contributed by atoms with Gasteiger partial charge in [-0.05, 0) is 51.1 Å². The molecule has 0 saturated carbocycles. The van der Waals surface area contributed by atoms with Crippen LogP contribution in [0.1, 0.15) is 26.3 Å². The van der Waals surface area contributed by atoms with Gasteiger partial charge in [-0.3, -0.25) is 9.69 Å². The van der Waals surface area contributed by atoms with Gasteiger partial charge in [0.15, 0.2) is 0 Å². The third-order valence-corrected chi connectivity index (χ3v) is 3.12. The Balaban J connectivity index is 2.62. The van der Waals surface area contributed by atoms with Gasteiger partial charge in [-0.2, -0.15) is 0 Å². The summed E-state index contributed by atoms with van der Waals surface area (Å²) >= 11 is 5.88. The van der Waals surface area contributed by atoms with Gasteiger partial charge in [0.2, 0.25) is 5.91 Å². The van der Waals surface area contributed by atoms with Gasteiger partial charge in [-0.15, -0.1) is 0 Å². The van der Waals surface area contributed by atoms with Crippen LogP contribution in [-0.4, -0.2) is 41.1 Å². The number of aryl methyl sites for hydroxylation is 1. The number of aliphatic hydroxyl groups is 1. The van der Waals surface area contributed by atoms with Crippen LogP contribution in [0.25, 0.3) is 0 Å². The Bertz CT molecular complexity index is 469. The summed E-state index contributed by atoms with van der Waals surface area (Å²) in [6.07, 6.45) is 0. The van der Waals surface area contributed by atoms with Gasteiger partial charge in [0.05, 0.1) is 12.1 Å². The van der Waals surface area contributed by atoms with Crippen molar-refractivity contribution in [3.05, 3.63) is 28.8 Å². The number of hydrogen-bond donors (Lipinski definition) is 2. The Morgan fingerprint density at radius 1 is 1.45 bits per heavy atom. The summed E-state index contributed by atoms with van der Waals surface area (Å²) in [5, 5.41) is 13.3. The number of rotatable bonds is 6. The van der Waals surface area contributed by atoms with Gasteiger partial charge < -0.3 is 10.4 Å². The zero-order valence-corrected chi connectivity index (χ0v) is 13.3. The van der Waals surface area contributed by atoms with Crippen LogP contribution < -0.4 is 5.32 Å². The molecule has 1 aromatic carbocycles. The van der Waals surface area contributed by atoms with Crippen LogP contribution in [-0.2, 0) is 4.79 Å². The lowest BCUT2D eigenvalue weighted by molar-refractivity contribution is -0.117. The fourth-order valence-corrected chi connectivity index (χ4v) is 2.21. The Kier molecular flexibility index (Phi) is 5.99. The lowest BCUT2D eigenvalue weighted by Crippen LogP contribution is -2.42. The third-order valence-electron chi connectivity index (χ3n) is 2.89. The van der Waals surface area contributed by atoms with Crippen molar-refractivity contribution in [2.75, 3.05) is 25.0 Å². The minimum absolute atomic E-state index is 0.0958. The molecule has 0 saturated heterocycles. The van der Waals surface area contributed by atoms with E-state index in [9.17, 15) is 9.90 Å². The molecule has 0 spiro atoms. The van der Waals surface area contributed by atoms with Crippen molar-refractivity contribution in [3.63, 3.8) is 0 Å². The summed E-state index contributed by atoms with van der Waals surface area (Å²) in [7, 11) is 0. The third kappa shape index (κ3) is 5.90. The second-order valence-electron chi connectivity index (χ2n) is 5.62. The number of hydrogen-bond acceptors (Lipinski definition) is 3. The summed E-state index contributed by atoms with van der Waals surface area (Å²) in [4.78, 5) is 13.9. The minimum atomic E-state index is -0.813. The van der Waals surface area contributed by atoms with E-state index in [0.29, 0.717) is 18.1 Å². The van der Waals surface area contributed by atoms with Crippen molar-refractivity contribution < 1.29 is 9.90 Å². The number of likely N-dealkylation sites (N-methyl/N-ethyl adjacent to an activating group) is 1. The highest BCUT2D eigenvalue weighted by Gasteiger charge is 2.19. The first-order valence-corrected chi connectivity index (χ1v) is 7.10. The lowest BCUT2D eigenvalue weighted by Gasteiger charge is -2.27. The minimum Gasteiger partial charge on any atom is -0.389 e. The quantitative estimate of drug-likeness (QED) is 0.849. The summed E-state index contributed by atoms with van der Waals surface area (Å²) in [5.41, 5.74) is 0.877. The molecule has 20 heavy (non-hydrogen) atoms. The molecule has 0 bridgehead atoms. The molecule has 0 aliphatic heterocycles. The van der Waals surface area contributed by atoms with Crippen LogP contribution in [0.2, 0.25) is 5.02 Å². The maximum atomic E-state index is 12.0. The van der Waals surface area contributed by atoms with E-state index >= 15 is 0 Å². The number of carbonyl (C=O) groups is 1. The van der Waals surface area contributed by atoms with Crippen LogP contribution in [0.15, 0.2) is 18.2 Å². The smallest absolute Gasteiger partial charge is 0.238 e. The van der Waals surface area contributed by atoms with E-state index < -0.39 is 5.60 Å². The molecular formula is C15H23ClN2O2. The van der Waals surface area contributed by atoms with Crippen molar-refractivity contribution in [3.8, 4) is 0 Å². The van der Waals surface area contributed by atoms with Gasteiger partial charge in [0.1, 0.15) is 0 Å². The zero-order chi connectivity index (χ0) is 15.3. The first kappa shape index (κ1) is 17.0. The average Bonchev–Trinajstić information content (AvgIpc) is 2.30. The first-order valence-electron chi connectivity index (χ1n) is 6.72. The highest BCUT2D eigenvalue weighted by molar-refractivity contribution is 6.30. The van der Waals surface area contributed by atoms with Gasteiger partial charge in [0.25, 0.3) is 0 Å². The Morgan fingerprint density at radius 2 is 2.10 bits per heavy atom. The van der Waals surface area contributed by atoms with Gasteiger partial charge in [-0.25, -0.2) is 0 Å². The fraction of sp³-hybridized carbons (Fsp3) is 0.533. The molecule has 1 aromatic rings. The van der Waals surface area contributed by atoms with E-state index in [1.165, 1.54) is 0 Å². The molecule has 0 aliphatic rings. The molecule has 0 heterocycles. The van der Waals surface area contributed by atoms with E-state index in [-0.39, 0.29) is 12.5 Å². The molecule has 112 valence electrons. The van der Waals surface area contributed by atoms with Gasteiger partial charge in [0, 0.05) is 17.3 Å². The normalized spacial score (nSPS) is 11.8. The van der Waals surface area contributed by atoms with Crippen LogP contribution in [0.5, 0.6) is 0 Å². The van der Waals surface area contributed by atoms with E-state index in [2.05, 4.69) is 5.32 Å². The van der Waals surface area contributed by atoms with E-state index in [4.69, 9.17) is 11.6 Å². The molecule has 0 unspecified atom stereocenters. The molecule has 0 atom stereocenters. The Morgan fingerprint density at radius 3 is 2.60 bits per heavy atom. The molecule has 0 radical (unpaired) electrons. The second kappa shape index (κ2) is 7.07. The standard InChI is InChI=1S/C15H23ClN2O2/c1-5-18(10-15(3,4)20)9-14(19)17-13-7-6-12(16)8-11(13)2/h6-8,20H,5,9-10H2,1-4H3,(H,17,19). The van der Waals surface area contributed by atoms with Gasteiger partial charge in [-0.1, -0.05) is 18.5 Å². The zero-order valence-electron chi connectivity index (χ0n) is 12.5. The number of nitrogens with one attached hydrogen (secondary N) is 1. The van der Waals surface area contributed by atoms with E-state index in [1.54, 1.807) is 26.0 Å². The van der Waals surface area contributed by atoms with Crippen LogP contribution in [0.3, 0.4) is 0 Å². The van der Waals surface area contributed by atoms with Crippen molar-refractivity contribution in [2.45, 2.75) is 33.3 Å². The topological polar surface area (TPSA) is 52.6 Å². The summed E-state index contributed by atoms with van der Waals surface area (Å²) in [6, 6.07) is 5.35. The van der Waals surface area contributed by atoms with Gasteiger partial charge >= 0.3 is 0 Å². The van der Waals surface area contributed by atoms with Crippen molar-refractivity contribution in [1.29, 1.82) is 0 Å². The maximum absolute atomic E-state index is 12.0. The van der Waals surface area contributed by atoms with Crippen molar-refractivity contribution in [1.82, 2.24) is 4.90 Å². The maximum Gasteiger partial charge on any atom is 0.238 e. The lowest BCUT2D eigenvalue weighted by atomic mass is 10.1. The summed E-state index contributed by atoms with van der Waals surface area (Å²) < 4.78 is 0.